The lowest BCUT2D eigenvalue weighted by Crippen LogP contribution is -2.48. The van der Waals surface area contributed by atoms with Crippen molar-refractivity contribution in [2.75, 3.05) is 30.2 Å². The molecule has 0 spiro atoms. The summed E-state index contributed by atoms with van der Waals surface area (Å²) < 4.78 is 9.82. The smallest absolute Gasteiger partial charge is 0.408 e. The van der Waals surface area contributed by atoms with E-state index in [-0.39, 0.29) is 5.75 Å². The third-order valence-corrected chi connectivity index (χ3v) is 11.1. The Labute approximate surface area is 331 Å². The Bertz CT molecular complexity index is 1980. The molecular formula is C44H47N3O6S2. The number of ether oxygens (including phenoxy) is 2. The number of rotatable bonds is 15. The number of methoxy groups -OCH3 is 1. The highest BCUT2D eigenvalue weighted by Gasteiger charge is 2.39. The van der Waals surface area contributed by atoms with Gasteiger partial charge in [0.1, 0.15) is 17.7 Å². The molecule has 5 aromatic rings. The van der Waals surface area contributed by atoms with Crippen LogP contribution in [-0.2, 0) is 23.8 Å². The van der Waals surface area contributed by atoms with Crippen LogP contribution in [0.25, 0.3) is 10.8 Å². The zero-order valence-corrected chi connectivity index (χ0v) is 33.3. The van der Waals surface area contributed by atoms with E-state index in [0.29, 0.717) is 34.2 Å². The van der Waals surface area contributed by atoms with Gasteiger partial charge in [-0.2, -0.15) is 11.8 Å². The van der Waals surface area contributed by atoms with Crippen LogP contribution < -0.4 is 16.0 Å². The summed E-state index contributed by atoms with van der Waals surface area (Å²) >= 11 is 3.10. The normalized spacial score (nSPS) is 12.6. The molecule has 0 saturated carbocycles. The highest BCUT2D eigenvalue weighted by molar-refractivity contribution is 8.00. The summed E-state index contributed by atoms with van der Waals surface area (Å²) in [6.45, 7) is 5.30. The number of hydrogen-bond acceptors (Lipinski definition) is 8. The summed E-state index contributed by atoms with van der Waals surface area (Å²) in [7, 11) is 1.29. The molecule has 0 fully saturated rings. The van der Waals surface area contributed by atoms with Crippen LogP contribution in [0.15, 0.2) is 127 Å². The molecule has 11 heteroatoms. The van der Waals surface area contributed by atoms with E-state index in [9.17, 15) is 19.2 Å². The van der Waals surface area contributed by atoms with Crippen molar-refractivity contribution in [3.63, 3.8) is 0 Å². The van der Waals surface area contributed by atoms with Gasteiger partial charge in [-0.25, -0.2) is 9.59 Å². The fraction of sp³-hybridized carbons (Fsp3) is 0.273. The van der Waals surface area contributed by atoms with Crippen molar-refractivity contribution >= 4 is 63.9 Å². The summed E-state index contributed by atoms with van der Waals surface area (Å²) in [6, 6.07) is 38.9. The minimum absolute atomic E-state index is 0.160. The number of fused-ring (bicyclic) bond motifs is 1. The summed E-state index contributed by atoms with van der Waals surface area (Å²) in [5, 5.41) is 9.90. The van der Waals surface area contributed by atoms with E-state index < -0.39 is 46.3 Å². The number of hydrogen-bond donors (Lipinski definition) is 3. The third-order valence-electron chi connectivity index (χ3n) is 8.84. The SMILES string of the molecule is COC(=O)[C@H](CCSC)NC(=O)c1cccc2c(NC(=O)[C@H](CSC(c3ccccc3)(c3ccccc3)c3ccccc3)NC(=O)OC(C)(C)C)cccc12. The van der Waals surface area contributed by atoms with Crippen LogP contribution in [0.2, 0.25) is 0 Å². The first-order valence-electron chi connectivity index (χ1n) is 18.0. The molecule has 286 valence electrons. The summed E-state index contributed by atoms with van der Waals surface area (Å²) in [5.74, 6) is -0.608. The van der Waals surface area contributed by atoms with Gasteiger partial charge in [0.2, 0.25) is 5.91 Å². The van der Waals surface area contributed by atoms with E-state index in [4.69, 9.17) is 9.47 Å². The molecule has 0 heterocycles. The summed E-state index contributed by atoms with van der Waals surface area (Å²) in [5.41, 5.74) is 3.02. The molecule has 3 N–H and O–H groups in total. The molecule has 2 atom stereocenters. The molecule has 55 heavy (non-hydrogen) atoms. The molecule has 0 aliphatic rings. The average Bonchev–Trinajstić information content (AvgIpc) is 3.19. The first-order valence-corrected chi connectivity index (χ1v) is 20.3. The molecule has 9 nitrogen and oxygen atoms in total. The summed E-state index contributed by atoms with van der Waals surface area (Å²) in [4.78, 5) is 53.8. The third kappa shape index (κ3) is 10.3. The molecule has 0 aliphatic carbocycles. The van der Waals surface area contributed by atoms with E-state index >= 15 is 0 Å². The Morgan fingerprint density at radius 1 is 0.673 bits per heavy atom. The molecular weight excluding hydrogens is 731 g/mol. The van der Waals surface area contributed by atoms with Crippen molar-refractivity contribution < 1.29 is 28.7 Å². The van der Waals surface area contributed by atoms with Gasteiger partial charge in [0.05, 0.1) is 11.9 Å². The predicted molar refractivity (Wildman–Crippen MR) is 224 cm³/mol. The fourth-order valence-corrected chi connectivity index (χ4v) is 8.34. The van der Waals surface area contributed by atoms with Crippen LogP contribution in [-0.4, -0.2) is 66.4 Å². The van der Waals surface area contributed by atoms with Crippen molar-refractivity contribution in [2.45, 2.75) is 49.6 Å². The standard InChI is InChI=1S/C44H47N3O6S2/c1-43(2,3)53-42(51)47-38(29-55-44(30-17-9-6-10-18-30,31-19-11-7-12-20-31)32-21-13-8-14-22-32)40(49)45-36-26-16-23-33-34(36)24-15-25-35(33)39(48)46-37(27-28-54-5)41(50)52-4/h6-26,37-38H,27-29H2,1-5H3,(H,45,49)(H,46,48)(H,47,51)/t37-,38-/m0/s1. The van der Waals surface area contributed by atoms with Crippen LogP contribution in [0.1, 0.15) is 54.2 Å². The Hall–Kier alpha value is -5.26. The van der Waals surface area contributed by atoms with Gasteiger partial charge in [0.25, 0.3) is 5.91 Å². The second-order valence-electron chi connectivity index (χ2n) is 13.8. The van der Waals surface area contributed by atoms with Crippen LogP contribution in [0.5, 0.6) is 0 Å². The van der Waals surface area contributed by atoms with Gasteiger partial charge >= 0.3 is 12.1 Å². The van der Waals surface area contributed by atoms with Crippen molar-refractivity contribution in [1.29, 1.82) is 0 Å². The molecule has 0 unspecified atom stereocenters. The van der Waals surface area contributed by atoms with Gasteiger partial charge in [-0.15, -0.1) is 11.8 Å². The zero-order valence-electron chi connectivity index (χ0n) is 31.7. The lowest BCUT2D eigenvalue weighted by molar-refractivity contribution is -0.142. The Kier molecular flexibility index (Phi) is 14.0. The molecule has 0 aliphatic heterocycles. The number of carbonyl (C=O) groups is 4. The molecule has 5 aromatic carbocycles. The van der Waals surface area contributed by atoms with Gasteiger partial charge in [-0.05, 0) is 73.4 Å². The number of alkyl carbamates (subject to hydrolysis) is 1. The van der Waals surface area contributed by atoms with E-state index in [1.165, 1.54) is 18.9 Å². The predicted octanol–water partition coefficient (Wildman–Crippen LogP) is 8.42. The average molecular weight is 778 g/mol. The van der Waals surface area contributed by atoms with Gasteiger partial charge in [-0.3, -0.25) is 9.59 Å². The van der Waals surface area contributed by atoms with E-state index in [1.54, 1.807) is 62.9 Å². The summed E-state index contributed by atoms with van der Waals surface area (Å²) in [6.07, 6.45) is 1.61. The van der Waals surface area contributed by atoms with Gasteiger partial charge in [0, 0.05) is 22.4 Å². The maximum atomic E-state index is 14.4. The number of anilines is 1. The van der Waals surface area contributed by atoms with Crippen LogP contribution in [0.3, 0.4) is 0 Å². The van der Waals surface area contributed by atoms with Gasteiger partial charge in [-0.1, -0.05) is 115 Å². The minimum Gasteiger partial charge on any atom is -0.467 e. The van der Waals surface area contributed by atoms with E-state index in [1.807, 2.05) is 66.9 Å². The molecule has 0 saturated heterocycles. The highest BCUT2D eigenvalue weighted by Crippen LogP contribution is 2.48. The number of carbonyl (C=O) groups excluding carboxylic acids is 4. The topological polar surface area (TPSA) is 123 Å². The number of benzene rings is 5. The lowest BCUT2D eigenvalue weighted by Gasteiger charge is -2.36. The van der Waals surface area contributed by atoms with Crippen molar-refractivity contribution in [3.05, 3.63) is 150 Å². The largest absolute Gasteiger partial charge is 0.467 e. The number of esters is 1. The molecule has 3 amide bonds. The first-order chi connectivity index (χ1) is 26.5. The monoisotopic (exact) mass is 777 g/mol. The van der Waals surface area contributed by atoms with E-state index in [0.717, 1.165) is 16.7 Å². The number of nitrogens with one attached hydrogen (secondary N) is 3. The molecule has 5 rings (SSSR count). The van der Waals surface area contributed by atoms with Crippen LogP contribution >= 0.6 is 23.5 Å². The van der Waals surface area contributed by atoms with Crippen LogP contribution in [0.4, 0.5) is 10.5 Å². The second-order valence-corrected chi connectivity index (χ2v) is 16.0. The molecule has 0 bridgehead atoms. The maximum absolute atomic E-state index is 14.4. The van der Waals surface area contributed by atoms with Gasteiger partial charge < -0.3 is 25.4 Å². The fourth-order valence-electron chi connectivity index (χ4n) is 6.31. The number of thioether (sulfide) groups is 2. The first kappa shape index (κ1) is 40.9. The minimum atomic E-state index is -1.05. The van der Waals surface area contributed by atoms with Crippen molar-refractivity contribution in [1.82, 2.24) is 10.6 Å². The highest BCUT2D eigenvalue weighted by atomic mass is 32.2. The Balaban J connectivity index is 1.50. The second kappa shape index (κ2) is 18.9. The Morgan fingerprint density at radius 3 is 1.75 bits per heavy atom. The van der Waals surface area contributed by atoms with Crippen molar-refractivity contribution in [2.24, 2.45) is 0 Å². The molecule has 0 radical (unpaired) electrons. The quantitative estimate of drug-likeness (QED) is 0.0716. The van der Waals surface area contributed by atoms with Gasteiger partial charge in [0.15, 0.2) is 0 Å². The van der Waals surface area contributed by atoms with Crippen LogP contribution in [0, 0.1) is 0 Å². The Morgan fingerprint density at radius 2 is 1.22 bits per heavy atom. The lowest BCUT2D eigenvalue weighted by atomic mass is 9.84. The zero-order chi connectivity index (χ0) is 39.4. The van der Waals surface area contributed by atoms with Crippen molar-refractivity contribution in [3.8, 4) is 0 Å². The number of amides is 3. The van der Waals surface area contributed by atoms with E-state index in [2.05, 4.69) is 52.3 Å². The maximum Gasteiger partial charge on any atom is 0.408 e. The molecule has 0 aromatic heterocycles.